The number of hydrogen-bond donors (Lipinski definition) is 4. The van der Waals surface area contributed by atoms with Crippen molar-refractivity contribution in [3.05, 3.63) is 36.4 Å². The van der Waals surface area contributed by atoms with E-state index >= 15 is 0 Å². The largest absolute Gasteiger partial charge is 0.497 e. The summed E-state index contributed by atoms with van der Waals surface area (Å²) in [5, 5.41) is 18.1. The summed E-state index contributed by atoms with van der Waals surface area (Å²) in [6, 6.07) is 6.32. The van der Waals surface area contributed by atoms with E-state index < -0.39 is 24.3 Å². The molecule has 152 valence electrons. The van der Waals surface area contributed by atoms with E-state index in [2.05, 4.69) is 16.0 Å². The molecule has 1 aliphatic carbocycles. The molecule has 4 N–H and O–H groups in total. The molecule has 0 aromatic heterocycles. The van der Waals surface area contributed by atoms with Gasteiger partial charge in [0.25, 0.3) is 0 Å². The van der Waals surface area contributed by atoms with Crippen LogP contribution in [0.4, 0.5) is 10.5 Å². The molecule has 0 spiro atoms. The van der Waals surface area contributed by atoms with Gasteiger partial charge in [-0.15, -0.1) is 0 Å². The first-order chi connectivity index (χ1) is 13.6. The van der Waals surface area contributed by atoms with Crippen LogP contribution in [0.15, 0.2) is 36.4 Å². The summed E-state index contributed by atoms with van der Waals surface area (Å²) >= 11 is 0. The van der Waals surface area contributed by atoms with Crippen molar-refractivity contribution in [1.82, 2.24) is 10.6 Å². The number of carbonyl (C=O) groups excluding carboxylic acids is 2. The minimum absolute atomic E-state index is 0.0558. The number of rotatable bonds is 7. The second-order valence-corrected chi connectivity index (χ2v) is 7.03. The van der Waals surface area contributed by atoms with E-state index in [0.29, 0.717) is 11.4 Å². The van der Waals surface area contributed by atoms with Crippen LogP contribution in [0.1, 0.15) is 25.7 Å². The van der Waals surface area contributed by atoms with Crippen molar-refractivity contribution in [3.63, 3.8) is 0 Å². The molecule has 1 aromatic rings. The fourth-order valence-corrected chi connectivity index (χ4v) is 3.15. The summed E-state index contributed by atoms with van der Waals surface area (Å²) in [7, 11) is 1.57. The van der Waals surface area contributed by atoms with Gasteiger partial charge in [0.15, 0.2) is 0 Å². The number of amides is 3. The van der Waals surface area contributed by atoms with Crippen molar-refractivity contribution >= 4 is 17.6 Å². The first kappa shape index (κ1) is 20.2. The standard InChI is InChI=1S/C20H27N3O5/c1-27-15-7-5-14(6-8-15)22-20(26)23-17-10-9-16(28-18(17)12-24)11-19(25)21-13-3-2-4-13/h5-10,13,16-18,24H,2-4,11-12H2,1H3,(H,21,25)(H2,22,23,26)/t16-,17+,18-/m1/s1. The molecule has 0 saturated heterocycles. The highest BCUT2D eigenvalue weighted by Crippen LogP contribution is 2.20. The van der Waals surface area contributed by atoms with Crippen molar-refractivity contribution in [3.8, 4) is 5.75 Å². The summed E-state index contributed by atoms with van der Waals surface area (Å²) in [5.41, 5.74) is 0.616. The maximum Gasteiger partial charge on any atom is 0.319 e. The Kier molecular flexibility index (Phi) is 6.89. The van der Waals surface area contributed by atoms with Crippen LogP contribution in [-0.4, -0.2) is 55.1 Å². The molecular weight excluding hydrogens is 362 g/mol. The van der Waals surface area contributed by atoms with Gasteiger partial charge in [0.05, 0.1) is 32.3 Å². The number of aliphatic hydroxyl groups excluding tert-OH is 1. The van der Waals surface area contributed by atoms with Crippen LogP contribution in [0.25, 0.3) is 0 Å². The van der Waals surface area contributed by atoms with Gasteiger partial charge in [-0.25, -0.2) is 4.79 Å². The monoisotopic (exact) mass is 389 g/mol. The Labute approximate surface area is 164 Å². The van der Waals surface area contributed by atoms with E-state index in [-0.39, 0.29) is 25.0 Å². The first-order valence-electron chi connectivity index (χ1n) is 9.53. The van der Waals surface area contributed by atoms with Crippen LogP contribution in [0.5, 0.6) is 5.75 Å². The third-order valence-electron chi connectivity index (χ3n) is 4.97. The Morgan fingerprint density at radius 2 is 1.93 bits per heavy atom. The Morgan fingerprint density at radius 3 is 2.54 bits per heavy atom. The van der Waals surface area contributed by atoms with Crippen molar-refractivity contribution in [2.45, 2.75) is 50.0 Å². The summed E-state index contributed by atoms with van der Waals surface area (Å²) in [5.74, 6) is 0.641. The van der Waals surface area contributed by atoms with E-state index in [4.69, 9.17) is 9.47 Å². The number of benzene rings is 1. The number of carbonyl (C=O) groups is 2. The Bertz CT molecular complexity index is 702. The minimum atomic E-state index is -0.617. The SMILES string of the molecule is COc1ccc(NC(=O)N[C@H]2C=C[C@H](CC(=O)NC3CCC3)O[C@@H]2CO)cc1. The molecular formula is C20H27N3O5. The highest BCUT2D eigenvalue weighted by molar-refractivity contribution is 5.89. The molecule has 8 nitrogen and oxygen atoms in total. The van der Waals surface area contributed by atoms with E-state index in [1.54, 1.807) is 43.5 Å². The van der Waals surface area contributed by atoms with Gasteiger partial charge >= 0.3 is 6.03 Å². The predicted octanol–water partition coefficient (Wildman–Crippen LogP) is 1.56. The lowest BCUT2D eigenvalue weighted by atomic mass is 9.93. The topological polar surface area (TPSA) is 109 Å². The molecule has 3 amide bonds. The number of methoxy groups -OCH3 is 1. The third-order valence-corrected chi connectivity index (χ3v) is 4.97. The number of anilines is 1. The minimum Gasteiger partial charge on any atom is -0.497 e. The Balaban J connectivity index is 1.49. The van der Waals surface area contributed by atoms with Crippen molar-refractivity contribution in [1.29, 1.82) is 0 Å². The van der Waals surface area contributed by atoms with Crippen molar-refractivity contribution in [2.75, 3.05) is 19.0 Å². The fourth-order valence-electron chi connectivity index (χ4n) is 3.15. The Hall–Kier alpha value is -2.58. The van der Waals surface area contributed by atoms with Crippen LogP contribution in [0.3, 0.4) is 0 Å². The van der Waals surface area contributed by atoms with E-state index in [9.17, 15) is 14.7 Å². The van der Waals surface area contributed by atoms with E-state index in [0.717, 1.165) is 19.3 Å². The highest BCUT2D eigenvalue weighted by atomic mass is 16.5. The van der Waals surface area contributed by atoms with Gasteiger partial charge in [-0.2, -0.15) is 0 Å². The van der Waals surface area contributed by atoms with Crippen molar-refractivity contribution in [2.24, 2.45) is 0 Å². The van der Waals surface area contributed by atoms with Crippen molar-refractivity contribution < 1.29 is 24.2 Å². The number of hydrogen-bond acceptors (Lipinski definition) is 5. The number of urea groups is 1. The van der Waals surface area contributed by atoms with Gasteiger partial charge in [0, 0.05) is 11.7 Å². The smallest absolute Gasteiger partial charge is 0.319 e. The zero-order valence-corrected chi connectivity index (χ0v) is 15.9. The lowest BCUT2D eigenvalue weighted by Gasteiger charge is -2.32. The molecule has 1 saturated carbocycles. The van der Waals surface area contributed by atoms with Gasteiger partial charge in [-0.1, -0.05) is 12.2 Å². The van der Waals surface area contributed by atoms with Gasteiger partial charge in [-0.05, 0) is 43.5 Å². The predicted molar refractivity (Wildman–Crippen MR) is 104 cm³/mol. The number of ether oxygens (including phenoxy) is 2. The molecule has 0 radical (unpaired) electrons. The van der Waals surface area contributed by atoms with Gasteiger partial charge in [0.2, 0.25) is 5.91 Å². The van der Waals surface area contributed by atoms with Gasteiger partial charge in [-0.3, -0.25) is 4.79 Å². The first-order valence-corrected chi connectivity index (χ1v) is 9.53. The number of aliphatic hydroxyl groups is 1. The molecule has 8 heteroatoms. The molecule has 0 unspecified atom stereocenters. The molecule has 1 aliphatic heterocycles. The van der Waals surface area contributed by atoms with E-state index in [1.807, 2.05) is 0 Å². The fraction of sp³-hybridized carbons (Fsp3) is 0.500. The van der Waals surface area contributed by atoms with Crippen LogP contribution in [0, 0.1) is 0 Å². The molecule has 1 heterocycles. The van der Waals surface area contributed by atoms with Crippen LogP contribution >= 0.6 is 0 Å². The molecule has 0 bridgehead atoms. The summed E-state index contributed by atoms with van der Waals surface area (Å²) in [6.07, 6.45) is 5.90. The van der Waals surface area contributed by atoms with Crippen LogP contribution in [0.2, 0.25) is 0 Å². The Morgan fingerprint density at radius 1 is 1.18 bits per heavy atom. The lowest BCUT2D eigenvalue weighted by Crippen LogP contribution is -2.50. The maximum absolute atomic E-state index is 12.2. The van der Waals surface area contributed by atoms with Gasteiger partial charge < -0.3 is 30.5 Å². The molecule has 1 fully saturated rings. The van der Waals surface area contributed by atoms with E-state index in [1.165, 1.54) is 0 Å². The number of nitrogens with one attached hydrogen (secondary N) is 3. The molecule has 2 aliphatic rings. The highest BCUT2D eigenvalue weighted by Gasteiger charge is 2.30. The average Bonchev–Trinajstić information content (AvgIpc) is 2.66. The average molecular weight is 389 g/mol. The molecule has 28 heavy (non-hydrogen) atoms. The van der Waals surface area contributed by atoms with Gasteiger partial charge in [0.1, 0.15) is 11.9 Å². The zero-order valence-electron chi connectivity index (χ0n) is 15.9. The maximum atomic E-state index is 12.2. The second-order valence-electron chi connectivity index (χ2n) is 7.03. The second kappa shape index (κ2) is 9.57. The zero-order chi connectivity index (χ0) is 19.9. The summed E-state index contributed by atoms with van der Waals surface area (Å²) in [6.45, 7) is -0.265. The quantitative estimate of drug-likeness (QED) is 0.529. The molecule has 3 rings (SSSR count). The summed E-state index contributed by atoms with van der Waals surface area (Å²) < 4.78 is 10.9. The van der Waals surface area contributed by atoms with Crippen LogP contribution < -0.4 is 20.7 Å². The third kappa shape index (κ3) is 5.46. The normalized spacial score (nSPS) is 24.1. The molecule has 3 atom stereocenters. The van der Waals surface area contributed by atoms with Crippen LogP contribution in [-0.2, 0) is 9.53 Å². The summed E-state index contributed by atoms with van der Waals surface area (Å²) in [4.78, 5) is 24.3. The molecule has 1 aromatic carbocycles. The lowest BCUT2D eigenvalue weighted by molar-refractivity contribution is -0.126.